The van der Waals surface area contributed by atoms with Gasteiger partial charge in [-0.3, -0.25) is 9.39 Å². The van der Waals surface area contributed by atoms with E-state index in [-0.39, 0.29) is 29.4 Å². The lowest BCUT2D eigenvalue weighted by Crippen LogP contribution is -2.48. The summed E-state index contributed by atoms with van der Waals surface area (Å²) in [7, 11) is 1.77. The van der Waals surface area contributed by atoms with Gasteiger partial charge in [0.05, 0.1) is 6.54 Å². The Morgan fingerprint density at radius 2 is 1.90 bits per heavy atom. The molecule has 0 bridgehead atoms. The van der Waals surface area contributed by atoms with Crippen LogP contribution in [-0.4, -0.2) is 47.4 Å². The molecule has 1 aliphatic rings. The number of aliphatic imine (C=N–C) groups is 1. The Bertz CT molecular complexity index is 1000. The number of nitrogens with one attached hydrogen (secondary N) is 2. The maximum atomic E-state index is 6.55. The van der Waals surface area contributed by atoms with Crippen LogP contribution in [0.3, 0.4) is 0 Å². The maximum absolute atomic E-state index is 6.55. The van der Waals surface area contributed by atoms with Crippen molar-refractivity contribution in [1.29, 1.82) is 0 Å². The fourth-order valence-electron chi connectivity index (χ4n) is 3.84. The molecule has 1 fully saturated rings. The summed E-state index contributed by atoms with van der Waals surface area (Å²) in [5.41, 5.74) is 1.90. The predicted octanol–water partition coefficient (Wildman–Crippen LogP) is 3.41. The summed E-state index contributed by atoms with van der Waals surface area (Å²) in [6, 6.07) is 13.9. The number of aromatic nitrogens is 3. The lowest BCUT2D eigenvalue weighted by atomic mass is 9.74. The number of halogens is 2. The minimum absolute atomic E-state index is 0. The molecule has 0 radical (unpaired) electrons. The van der Waals surface area contributed by atoms with E-state index in [2.05, 4.69) is 31.9 Å². The number of guanidine groups is 1. The summed E-state index contributed by atoms with van der Waals surface area (Å²) in [4.78, 5) is 4.37. The van der Waals surface area contributed by atoms with Gasteiger partial charge in [-0.15, -0.1) is 34.2 Å². The SMILES string of the molecule is CN=C(NCc1nnc2ccccn12)NCC1(c2ccccc2Cl)CCOCC1.I. The molecule has 0 amide bonds. The molecule has 0 saturated carbocycles. The highest BCUT2D eigenvalue weighted by molar-refractivity contribution is 14.0. The van der Waals surface area contributed by atoms with Gasteiger partial charge in [-0.2, -0.15) is 0 Å². The third kappa shape index (κ3) is 4.87. The Labute approximate surface area is 198 Å². The largest absolute Gasteiger partial charge is 0.381 e. The Morgan fingerprint density at radius 3 is 2.67 bits per heavy atom. The fraction of sp³-hybridized carbons (Fsp3) is 0.381. The molecule has 2 aromatic heterocycles. The number of rotatable bonds is 5. The number of ether oxygens (including phenoxy) is 1. The molecule has 2 N–H and O–H groups in total. The van der Waals surface area contributed by atoms with Gasteiger partial charge >= 0.3 is 0 Å². The van der Waals surface area contributed by atoms with Crippen LogP contribution in [0.2, 0.25) is 5.02 Å². The van der Waals surface area contributed by atoms with Gasteiger partial charge in [-0.1, -0.05) is 35.9 Å². The van der Waals surface area contributed by atoms with Gasteiger partial charge in [0.2, 0.25) is 0 Å². The second kappa shape index (κ2) is 10.4. The van der Waals surface area contributed by atoms with Crippen LogP contribution < -0.4 is 10.6 Å². The van der Waals surface area contributed by atoms with Crippen LogP contribution in [-0.2, 0) is 16.7 Å². The molecule has 1 saturated heterocycles. The standard InChI is InChI=1S/C21H25ClN6O.HI/c1-23-20(24-14-19-27-26-18-8-4-5-11-28(18)19)25-15-21(9-12-29-13-10-21)16-6-2-3-7-17(16)22;/h2-8,11H,9-10,12-15H2,1H3,(H2,23,24,25);1H. The molecular formula is C21H26ClIN6O. The average molecular weight is 541 g/mol. The van der Waals surface area contributed by atoms with Crippen LogP contribution >= 0.6 is 35.6 Å². The van der Waals surface area contributed by atoms with Gasteiger partial charge < -0.3 is 15.4 Å². The third-order valence-electron chi connectivity index (χ3n) is 5.51. The van der Waals surface area contributed by atoms with Crippen LogP contribution in [0, 0.1) is 0 Å². The molecule has 0 atom stereocenters. The Hall–Kier alpha value is -1.91. The molecule has 0 unspecified atom stereocenters. The summed E-state index contributed by atoms with van der Waals surface area (Å²) < 4.78 is 7.58. The first kappa shape index (κ1) is 22.8. The highest BCUT2D eigenvalue weighted by Gasteiger charge is 2.36. The van der Waals surface area contributed by atoms with Crippen LogP contribution in [0.4, 0.5) is 0 Å². The molecule has 3 aromatic rings. The number of nitrogens with zero attached hydrogens (tertiary/aromatic N) is 4. The van der Waals surface area contributed by atoms with Crippen molar-refractivity contribution < 1.29 is 4.74 Å². The smallest absolute Gasteiger partial charge is 0.191 e. The van der Waals surface area contributed by atoms with Gasteiger partial charge in [0.15, 0.2) is 17.4 Å². The summed E-state index contributed by atoms with van der Waals surface area (Å²) in [5.74, 6) is 1.55. The van der Waals surface area contributed by atoms with Crippen molar-refractivity contribution in [3.63, 3.8) is 0 Å². The van der Waals surface area contributed by atoms with Crippen LogP contribution in [0.1, 0.15) is 24.2 Å². The second-order valence-electron chi connectivity index (χ2n) is 7.20. The molecule has 9 heteroatoms. The van der Waals surface area contributed by atoms with Crippen molar-refractivity contribution in [3.05, 3.63) is 65.1 Å². The van der Waals surface area contributed by atoms with E-state index < -0.39 is 0 Å². The molecule has 4 rings (SSSR count). The second-order valence-corrected chi connectivity index (χ2v) is 7.60. The summed E-state index contributed by atoms with van der Waals surface area (Å²) in [6.45, 7) is 2.70. The fourth-order valence-corrected chi connectivity index (χ4v) is 4.18. The van der Waals surface area contributed by atoms with Crippen molar-refractivity contribution in [1.82, 2.24) is 25.2 Å². The Balaban J connectivity index is 0.00000256. The number of hydrogen-bond donors (Lipinski definition) is 2. The first-order chi connectivity index (χ1) is 14.2. The minimum Gasteiger partial charge on any atom is -0.381 e. The van der Waals surface area contributed by atoms with Crippen molar-refractivity contribution in [3.8, 4) is 0 Å². The van der Waals surface area contributed by atoms with Crippen molar-refractivity contribution in [2.75, 3.05) is 26.8 Å². The van der Waals surface area contributed by atoms with Crippen LogP contribution in [0.5, 0.6) is 0 Å². The summed E-state index contributed by atoms with van der Waals surface area (Å²) >= 11 is 6.55. The lowest BCUT2D eigenvalue weighted by Gasteiger charge is -2.38. The summed E-state index contributed by atoms with van der Waals surface area (Å²) in [6.07, 6.45) is 3.78. The molecule has 7 nitrogen and oxygen atoms in total. The zero-order chi connectivity index (χ0) is 20.1. The van der Waals surface area contributed by atoms with Gasteiger partial charge in [-0.25, -0.2) is 0 Å². The minimum atomic E-state index is -0.0875. The van der Waals surface area contributed by atoms with E-state index in [1.54, 1.807) is 7.05 Å². The number of fused-ring (bicyclic) bond motifs is 1. The number of benzene rings is 1. The van der Waals surface area contributed by atoms with Crippen molar-refractivity contribution in [2.45, 2.75) is 24.8 Å². The quantitative estimate of drug-likeness (QED) is 0.295. The molecular weight excluding hydrogens is 515 g/mol. The van der Waals surface area contributed by atoms with Gasteiger partial charge in [0.1, 0.15) is 0 Å². The highest BCUT2D eigenvalue weighted by atomic mass is 127. The van der Waals surface area contributed by atoms with Crippen molar-refractivity contribution >= 4 is 47.2 Å². The molecule has 160 valence electrons. The topological polar surface area (TPSA) is 75.8 Å². The third-order valence-corrected chi connectivity index (χ3v) is 5.84. The van der Waals surface area contributed by atoms with Gasteiger partial charge in [0, 0.05) is 43.4 Å². The van der Waals surface area contributed by atoms with Crippen LogP contribution in [0.15, 0.2) is 53.7 Å². The van der Waals surface area contributed by atoms with Gasteiger partial charge in [-0.05, 0) is 36.6 Å². The molecule has 1 aliphatic heterocycles. The zero-order valence-electron chi connectivity index (χ0n) is 16.8. The molecule has 0 spiro atoms. The van der Waals surface area contributed by atoms with Crippen LogP contribution in [0.25, 0.3) is 5.65 Å². The average Bonchev–Trinajstić information content (AvgIpc) is 3.18. The first-order valence-electron chi connectivity index (χ1n) is 9.78. The lowest BCUT2D eigenvalue weighted by molar-refractivity contribution is 0.0514. The van der Waals surface area contributed by atoms with Crippen molar-refractivity contribution in [2.24, 2.45) is 4.99 Å². The van der Waals surface area contributed by atoms with Gasteiger partial charge in [0.25, 0.3) is 0 Å². The van der Waals surface area contributed by atoms with E-state index in [4.69, 9.17) is 16.3 Å². The van der Waals surface area contributed by atoms with E-state index in [1.807, 2.05) is 47.0 Å². The van der Waals surface area contributed by atoms with E-state index >= 15 is 0 Å². The van der Waals surface area contributed by atoms with E-state index in [0.717, 1.165) is 60.6 Å². The van der Waals surface area contributed by atoms with E-state index in [0.29, 0.717) is 6.54 Å². The molecule has 30 heavy (non-hydrogen) atoms. The monoisotopic (exact) mass is 540 g/mol. The normalized spacial score (nSPS) is 16.1. The zero-order valence-corrected chi connectivity index (χ0v) is 19.9. The molecule has 3 heterocycles. The summed E-state index contributed by atoms with van der Waals surface area (Å²) in [5, 5.41) is 16.1. The highest BCUT2D eigenvalue weighted by Crippen LogP contribution is 2.38. The molecule has 1 aromatic carbocycles. The predicted molar refractivity (Wildman–Crippen MR) is 130 cm³/mol. The number of hydrogen-bond acceptors (Lipinski definition) is 4. The van der Waals surface area contributed by atoms with E-state index in [1.165, 1.54) is 0 Å². The maximum Gasteiger partial charge on any atom is 0.191 e. The van der Waals surface area contributed by atoms with E-state index in [9.17, 15) is 0 Å². The Kier molecular flexibility index (Phi) is 7.90. The first-order valence-corrected chi connectivity index (χ1v) is 10.2. The Morgan fingerprint density at radius 1 is 1.13 bits per heavy atom. The molecule has 0 aliphatic carbocycles. The number of pyridine rings is 1.